The normalized spacial score (nSPS) is 13.5. The van der Waals surface area contributed by atoms with E-state index in [1.165, 1.54) is 16.9 Å². The van der Waals surface area contributed by atoms with Crippen LogP contribution in [0.4, 0.5) is 0 Å². The SMILES string of the molecule is C#CC(C)NS(=O)(=O)c1ccnn1C. The molecule has 5 nitrogen and oxygen atoms in total. The highest BCUT2D eigenvalue weighted by atomic mass is 32.2. The molecule has 0 bridgehead atoms. The van der Waals surface area contributed by atoms with Gasteiger partial charge in [-0.2, -0.15) is 9.82 Å². The van der Waals surface area contributed by atoms with Gasteiger partial charge < -0.3 is 0 Å². The van der Waals surface area contributed by atoms with Crippen LogP contribution in [-0.2, 0) is 17.1 Å². The molecule has 1 aromatic heterocycles. The Morgan fingerprint density at radius 2 is 2.36 bits per heavy atom. The highest BCUT2D eigenvalue weighted by Crippen LogP contribution is 2.06. The van der Waals surface area contributed by atoms with Gasteiger partial charge in [-0.3, -0.25) is 4.68 Å². The standard InChI is InChI=1S/C8H11N3O2S/c1-4-7(2)10-14(12,13)8-5-6-9-11(8)3/h1,5-7,10H,2-3H3. The van der Waals surface area contributed by atoms with Gasteiger partial charge in [0.25, 0.3) is 10.0 Å². The lowest BCUT2D eigenvalue weighted by Crippen LogP contribution is -2.32. The number of aromatic nitrogens is 2. The second kappa shape index (κ2) is 3.82. The molecule has 0 aliphatic carbocycles. The minimum Gasteiger partial charge on any atom is -0.256 e. The van der Waals surface area contributed by atoms with Crippen molar-refractivity contribution in [2.24, 2.45) is 7.05 Å². The van der Waals surface area contributed by atoms with E-state index in [0.29, 0.717) is 0 Å². The first-order chi connectivity index (χ1) is 6.47. The Labute approximate surface area is 83.2 Å². The van der Waals surface area contributed by atoms with E-state index in [9.17, 15) is 8.42 Å². The molecule has 1 N–H and O–H groups in total. The number of sulfonamides is 1. The second-order valence-electron chi connectivity index (χ2n) is 2.80. The topological polar surface area (TPSA) is 64.0 Å². The molecular formula is C8H11N3O2S. The van der Waals surface area contributed by atoms with Gasteiger partial charge >= 0.3 is 0 Å². The number of aryl methyl sites for hydroxylation is 1. The molecule has 1 aromatic rings. The van der Waals surface area contributed by atoms with Crippen molar-refractivity contribution in [3.05, 3.63) is 12.3 Å². The van der Waals surface area contributed by atoms with E-state index in [-0.39, 0.29) is 5.03 Å². The van der Waals surface area contributed by atoms with Gasteiger partial charge in [0.15, 0.2) is 5.03 Å². The van der Waals surface area contributed by atoms with Gasteiger partial charge in [0.05, 0.1) is 12.2 Å². The quantitative estimate of drug-likeness (QED) is 0.702. The van der Waals surface area contributed by atoms with Crippen LogP contribution in [0, 0.1) is 12.3 Å². The first-order valence-corrected chi connectivity index (χ1v) is 5.42. The van der Waals surface area contributed by atoms with Gasteiger partial charge in [-0.1, -0.05) is 5.92 Å². The van der Waals surface area contributed by atoms with Gasteiger partial charge in [0, 0.05) is 7.05 Å². The van der Waals surface area contributed by atoms with Crippen molar-refractivity contribution in [2.45, 2.75) is 18.0 Å². The molecule has 76 valence electrons. The maximum Gasteiger partial charge on any atom is 0.258 e. The van der Waals surface area contributed by atoms with Crippen molar-refractivity contribution in [1.82, 2.24) is 14.5 Å². The Balaban J connectivity index is 3.00. The van der Waals surface area contributed by atoms with Crippen LogP contribution in [0.2, 0.25) is 0 Å². The third-order valence-electron chi connectivity index (χ3n) is 1.63. The highest BCUT2D eigenvalue weighted by Gasteiger charge is 2.19. The van der Waals surface area contributed by atoms with Crippen LogP contribution in [0.25, 0.3) is 0 Å². The van der Waals surface area contributed by atoms with Gasteiger partial charge in [0.1, 0.15) is 0 Å². The molecule has 1 rings (SSSR count). The van der Waals surface area contributed by atoms with E-state index in [1.54, 1.807) is 14.0 Å². The summed E-state index contributed by atoms with van der Waals surface area (Å²) in [4.78, 5) is 0. The first-order valence-electron chi connectivity index (χ1n) is 3.94. The van der Waals surface area contributed by atoms with E-state index < -0.39 is 16.1 Å². The van der Waals surface area contributed by atoms with Crippen LogP contribution in [0.3, 0.4) is 0 Å². The summed E-state index contributed by atoms with van der Waals surface area (Å²) in [6, 6.07) is 0.876. The molecule has 0 spiro atoms. The molecule has 14 heavy (non-hydrogen) atoms. The lowest BCUT2D eigenvalue weighted by Gasteiger charge is -2.08. The average Bonchev–Trinajstić information content (AvgIpc) is 2.51. The third-order valence-corrected chi connectivity index (χ3v) is 3.25. The lowest BCUT2D eigenvalue weighted by molar-refractivity contribution is 0.559. The lowest BCUT2D eigenvalue weighted by atomic mass is 10.4. The summed E-state index contributed by atoms with van der Waals surface area (Å²) in [5, 5.41) is 3.86. The largest absolute Gasteiger partial charge is 0.258 e. The van der Waals surface area contributed by atoms with Crippen LogP contribution in [0.1, 0.15) is 6.92 Å². The molecule has 0 aliphatic heterocycles. The first kappa shape index (κ1) is 10.8. The van der Waals surface area contributed by atoms with Crippen LogP contribution >= 0.6 is 0 Å². The second-order valence-corrected chi connectivity index (χ2v) is 4.46. The van der Waals surface area contributed by atoms with Crippen molar-refractivity contribution < 1.29 is 8.42 Å². The molecule has 0 saturated carbocycles. The maximum atomic E-state index is 11.6. The number of hydrogen-bond acceptors (Lipinski definition) is 3. The summed E-state index contributed by atoms with van der Waals surface area (Å²) >= 11 is 0. The minimum atomic E-state index is -3.55. The van der Waals surface area contributed by atoms with E-state index in [4.69, 9.17) is 6.42 Å². The number of nitrogens with one attached hydrogen (secondary N) is 1. The molecule has 0 saturated heterocycles. The monoisotopic (exact) mass is 213 g/mol. The summed E-state index contributed by atoms with van der Waals surface area (Å²) < 4.78 is 26.8. The zero-order valence-electron chi connectivity index (χ0n) is 7.93. The van der Waals surface area contributed by atoms with E-state index in [2.05, 4.69) is 15.7 Å². The Morgan fingerprint density at radius 1 is 1.71 bits per heavy atom. The van der Waals surface area contributed by atoms with Crippen molar-refractivity contribution >= 4 is 10.0 Å². The third kappa shape index (κ3) is 2.13. The Hall–Kier alpha value is -1.32. The summed E-state index contributed by atoms with van der Waals surface area (Å²) in [5.74, 6) is 2.28. The highest BCUT2D eigenvalue weighted by molar-refractivity contribution is 7.89. The van der Waals surface area contributed by atoms with Gasteiger partial charge in [0.2, 0.25) is 0 Å². The molecule has 6 heteroatoms. The van der Waals surface area contributed by atoms with Crippen molar-refractivity contribution in [3.8, 4) is 12.3 Å². The fraction of sp³-hybridized carbons (Fsp3) is 0.375. The smallest absolute Gasteiger partial charge is 0.256 e. The summed E-state index contributed by atoms with van der Waals surface area (Å²) in [6.07, 6.45) is 6.48. The predicted molar refractivity (Wildman–Crippen MR) is 51.8 cm³/mol. The number of nitrogens with zero attached hydrogens (tertiary/aromatic N) is 2. The molecule has 0 radical (unpaired) electrons. The molecule has 0 amide bonds. The van der Waals surface area contributed by atoms with Crippen molar-refractivity contribution in [2.75, 3.05) is 0 Å². The Morgan fingerprint density at radius 3 is 2.79 bits per heavy atom. The van der Waals surface area contributed by atoms with Gasteiger partial charge in [-0.05, 0) is 13.0 Å². The summed E-state index contributed by atoms with van der Waals surface area (Å²) in [6.45, 7) is 1.59. The number of terminal acetylenes is 1. The number of rotatable bonds is 3. The number of hydrogen-bond donors (Lipinski definition) is 1. The molecule has 1 unspecified atom stereocenters. The molecular weight excluding hydrogens is 202 g/mol. The molecule has 0 fully saturated rings. The van der Waals surface area contributed by atoms with Crippen LogP contribution in [-0.4, -0.2) is 24.2 Å². The van der Waals surface area contributed by atoms with Gasteiger partial charge in [-0.15, -0.1) is 6.42 Å². The van der Waals surface area contributed by atoms with Gasteiger partial charge in [-0.25, -0.2) is 8.42 Å². The zero-order chi connectivity index (χ0) is 10.8. The van der Waals surface area contributed by atoms with Crippen LogP contribution < -0.4 is 4.72 Å². The average molecular weight is 213 g/mol. The van der Waals surface area contributed by atoms with Crippen LogP contribution in [0.5, 0.6) is 0 Å². The fourth-order valence-corrected chi connectivity index (χ4v) is 2.24. The van der Waals surface area contributed by atoms with Crippen molar-refractivity contribution in [1.29, 1.82) is 0 Å². The Kier molecular flexibility index (Phi) is 2.93. The minimum absolute atomic E-state index is 0.0969. The predicted octanol–water partition coefficient (Wildman–Crippen LogP) is -0.280. The maximum absolute atomic E-state index is 11.6. The molecule has 0 aromatic carbocycles. The summed E-state index contributed by atoms with van der Waals surface area (Å²) in [5.41, 5.74) is 0. The fourth-order valence-electron chi connectivity index (χ4n) is 0.952. The zero-order valence-corrected chi connectivity index (χ0v) is 8.75. The molecule has 1 heterocycles. The Bertz CT molecular complexity index is 455. The van der Waals surface area contributed by atoms with E-state index in [0.717, 1.165) is 0 Å². The van der Waals surface area contributed by atoms with E-state index in [1.807, 2.05) is 0 Å². The van der Waals surface area contributed by atoms with Crippen LogP contribution in [0.15, 0.2) is 17.3 Å². The van der Waals surface area contributed by atoms with E-state index >= 15 is 0 Å². The van der Waals surface area contributed by atoms with Crippen molar-refractivity contribution in [3.63, 3.8) is 0 Å². The summed E-state index contributed by atoms with van der Waals surface area (Å²) in [7, 11) is -2.00. The molecule has 1 atom stereocenters. The molecule has 0 aliphatic rings.